The molecular weight excluding hydrogens is 248 g/mol. The number of rotatable bonds is 1. The molecule has 0 aromatic carbocycles. The predicted molar refractivity (Wildman–Crippen MR) is 66.9 cm³/mol. The van der Waals surface area contributed by atoms with E-state index in [0.717, 1.165) is 5.82 Å². The van der Waals surface area contributed by atoms with Crippen molar-refractivity contribution in [2.24, 2.45) is 0 Å². The Morgan fingerprint density at radius 3 is 2.63 bits per heavy atom. The molecular formula is C12H18N4O3. The van der Waals surface area contributed by atoms with E-state index in [1.807, 2.05) is 20.8 Å². The van der Waals surface area contributed by atoms with Gasteiger partial charge in [0.05, 0.1) is 0 Å². The monoisotopic (exact) mass is 266 g/mol. The summed E-state index contributed by atoms with van der Waals surface area (Å²) in [5.41, 5.74) is -0.507. The summed E-state index contributed by atoms with van der Waals surface area (Å²) < 4.78 is 7.08. The lowest BCUT2D eigenvalue weighted by molar-refractivity contribution is 0.0254. The highest BCUT2D eigenvalue weighted by atomic mass is 16.6. The number of hydrogen-bond acceptors (Lipinski definition) is 5. The van der Waals surface area contributed by atoms with Crippen molar-refractivity contribution < 1.29 is 14.3 Å². The Bertz CT molecular complexity index is 490. The molecule has 1 aliphatic heterocycles. The van der Waals surface area contributed by atoms with Crippen molar-refractivity contribution in [1.29, 1.82) is 0 Å². The van der Waals surface area contributed by atoms with Gasteiger partial charge >= 0.3 is 6.09 Å². The quantitative estimate of drug-likeness (QED) is 0.705. The highest BCUT2D eigenvalue weighted by molar-refractivity contribution is 5.69. The maximum absolute atomic E-state index is 12.0. The molecule has 7 nitrogen and oxygen atoms in total. The van der Waals surface area contributed by atoms with Crippen LogP contribution in [-0.2, 0) is 17.7 Å². The van der Waals surface area contributed by atoms with E-state index in [1.165, 1.54) is 0 Å². The van der Waals surface area contributed by atoms with Gasteiger partial charge in [-0.3, -0.25) is 4.79 Å². The molecule has 7 heteroatoms. The molecule has 0 saturated heterocycles. The van der Waals surface area contributed by atoms with E-state index in [2.05, 4.69) is 10.2 Å². The Labute approximate surface area is 111 Å². The Morgan fingerprint density at radius 1 is 1.26 bits per heavy atom. The molecule has 0 unspecified atom stereocenters. The van der Waals surface area contributed by atoms with Crippen LogP contribution < -0.4 is 0 Å². The molecule has 0 radical (unpaired) electrons. The molecule has 0 atom stereocenters. The summed E-state index contributed by atoms with van der Waals surface area (Å²) in [5.74, 6) is 1.04. The molecule has 0 fully saturated rings. The van der Waals surface area contributed by atoms with Crippen LogP contribution in [0.4, 0.5) is 4.79 Å². The van der Waals surface area contributed by atoms with Crippen LogP contribution in [0.2, 0.25) is 0 Å². The van der Waals surface area contributed by atoms with Gasteiger partial charge in [-0.2, -0.15) is 0 Å². The lowest BCUT2D eigenvalue weighted by Crippen LogP contribution is -2.38. The van der Waals surface area contributed by atoms with Gasteiger partial charge < -0.3 is 14.2 Å². The SMILES string of the molecule is CC(C)(C)OC(=O)N1CCc2nnc(C=O)n2CC1. The summed E-state index contributed by atoms with van der Waals surface area (Å²) in [5, 5.41) is 7.76. The lowest BCUT2D eigenvalue weighted by atomic mass is 10.2. The largest absolute Gasteiger partial charge is 0.444 e. The van der Waals surface area contributed by atoms with Gasteiger partial charge in [-0.25, -0.2) is 4.79 Å². The van der Waals surface area contributed by atoms with Crippen LogP contribution in [0, 0.1) is 0 Å². The Kier molecular flexibility index (Phi) is 3.55. The normalized spacial score (nSPS) is 15.6. The zero-order valence-electron chi connectivity index (χ0n) is 11.4. The number of carbonyl (C=O) groups excluding carboxylic acids is 2. The van der Waals surface area contributed by atoms with Crippen molar-refractivity contribution in [3.63, 3.8) is 0 Å². The molecule has 1 aromatic rings. The Balaban J connectivity index is 2.05. The predicted octanol–water partition coefficient (Wildman–Crippen LogP) is 0.884. The molecule has 0 N–H and O–H groups in total. The van der Waals surface area contributed by atoms with Crippen LogP contribution >= 0.6 is 0 Å². The summed E-state index contributed by atoms with van der Waals surface area (Å²) in [4.78, 5) is 24.4. The first kappa shape index (κ1) is 13.5. The van der Waals surface area contributed by atoms with E-state index < -0.39 is 5.60 Å². The van der Waals surface area contributed by atoms with Gasteiger partial charge in [-0.1, -0.05) is 0 Å². The minimum atomic E-state index is -0.507. The van der Waals surface area contributed by atoms with E-state index in [-0.39, 0.29) is 6.09 Å². The summed E-state index contributed by atoms with van der Waals surface area (Å²) in [7, 11) is 0. The fourth-order valence-electron chi connectivity index (χ4n) is 1.94. The second-order valence-corrected chi connectivity index (χ2v) is 5.46. The number of fused-ring (bicyclic) bond motifs is 1. The second kappa shape index (κ2) is 4.99. The molecule has 1 aliphatic rings. The number of aldehydes is 1. The average molecular weight is 266 g/mol. The van der Waals surface area contributed by atoms with Crippen LogP contribution in [0.5, 0.6) is 0 Å². The summed E-state index contributed by atoms with van der Waals surface area (Å²) >= 11 is 0. The number of hydrogen-bond donors (Lipinski definition) is 0. The standard InChI is InChI=1S/C12H18N4O3/c1-12(2,3)19-11(18)15-5-4-9-13-14-10(8-17)16(9)7-6-15/h8H,4-7H2,1-3H3. The van der Waals surface area contributed by atoms with E-state index in [4.69, 9.17) is 4.74 Å². The van der Waals surface area contributed by atoms with Gasteiger partial charge in [-0.05, 0) is 20.8 Å². The number of carbonyl (C=O) groups is 2. The topological polar surface area (TPSA) is 77.3 Å². The number of aromatic nitrogens is 3. The molecule has 1 amide bonds. The van der Waals surface area contributed by atoms with Crippen LogP contribution in [0.15, 0.2) is 0 Å². The third-order valence-corrected chi connectivity index (χ3v) is 2.81. The fraction of sp³-hybridized carbons (Fsp3) is 0.667. The third kappa shape index (κ3) is 3.10. The first-order valence-corrected chi connectivity index (χ1v) is 6.26. The Hall–Kier alpha value is -1.92. The van der Waals surface area contributed by atoms with Gasteiger partial charge in [0, 0.05) is 26.1 Å². The van der Waals surface area contributed by atoms with Crippen LogP contribution in [0.25, 0.3) is 0 Å². The van der Waals surface area contributed by atoms with Crippen molar-refractivity contribution in [2.45, 2.75) is 39.3 Å². The molecule has 2 rings (SSSR count). The van der Waals surface area contributed by atoms with Gasteiger partial charge in [0.15, 0.2) is 12.1 Å². The highest BCUT2D eigenvalue weighted by Crippen LogP contribution is 2.13. The van der Waals surface area contributed by atoms with Crippen molar-refractivity contribution in [3.8, 4) is 0 Å². The van der Waals surface area contributed by atoms with Gasteiger partial charge in [0.25, 0.3) is 0 Å². The first-order chi connectivity index (χ1) is 8.90. The molecule has 0 spiro atoms. The summed E-state index contributed by atoms with van der Waals surface area (Å²) in [6.45, 7) is 7.02. The van der Waals surface area contributed by atoms with Gasteiger partial charge in [0.2, 0.25) is 0 Å². The molecule has 0 saturated carbocycles. The zero-order valence-corrected chi connectivity index (χ0v) is 11.4. The van der Waals surface area contributed by atoms with E-state index >= 15 is 0 Å². The molecule has 19 heavy (non-hydrogen) atoms. The zero-order chi connectivity index (χ0) is 14.0. The van der Waals surface area contributed by atoms with E-state index in [0.29, 0.717) is 38.2 Å². The van der Waals surface area contributed by atoms with Crippen LogP contribution in [0.3, 0.4) is 0 Å². The number of ether oxygens (including phenoxy) is 1. The summed E-state index contributed by atoms with van der Waals surface area (Å²) in [6.07, 6.45) is 0.915. The average Bonchev–Trinajstić information content (AvgIpc) is 2.57. The van der Waals surface area contributed by atoms with E-state index in [9.17, 15) is 9.59 Å². The third-order valence-electron chi connectivity index (χ3n) is 2.81. The van der Waals surface area contributed by atoms with Gasteiger partial charge in [0.1, 0.15) is 11.4 Å². The lowest BCUT2D eigenvalue weighted by Gasteiger charge is -2.26. The number of amides is 1. The van der Waals surface area contributed by atoms with Gasteiger partial charge in [-0.15, -0.1) is 10.2 Å². The minimum absolute atomic E-state index is 0.307. The maximum atomic E-state index is 12.0. The maximum Gasteiger partial charge on any atom is 0.410 e. The Morgan fingerprint density at radius 2 is 2.00 bits per heavy atom. The number of nitrogens with zero attached hydrogens (tertiary/aromatic N) is 4. The molecule has 2 heterocycles. The van der Waals surface area contributed by atoms with Crippen molar-refractivity contribution in [2.75, 3.05) is 13.1 Å². The first-order valence-electron chi connectivity index (χ1n) is 6.26. The van der Waals surface area contributed by atoms with Crippen molar-refractivity contribution in [1.82, 2.24) is 19.7 Å². The minimum Gasteiger partial charge on any atom is -0.444 e. The van der Waals surface area contributed by atoms with E-state index in [1.54, 1.807) is 9.47 Å². The van der Waals surface area contributed by atoms with Crippen LogP contribution in [-0.4, -0.2) is 50.7 Å². The summed E-state index contributed by atoms with van der Waals surface area (Å²) in [6, 6.07) is 0. The second-order valence-electron chi connectivity index (χ2n) is 5.46. The smallest absolute Gasteiger partial charge is 0.410 e. The molecule has 0 aliphatic carbocycles. The van der Waals surface area contributed by atoms with Crippen molar-refractivity contribution in [3.05, 3.63) is 11.6 Å². The highest BCUT2D eigenvalue weighted by Gasteiger charge is 2.25. The fourth-order valence-corrected chi connectivity index (χ4v) is 1.94. The molecule has 0 bridgehead atoms. The van der Waals surface area contributed by atoms with Crippen molar-refractivity contribution >= 4 is 12.4 Å². The molecule has 104 valence electrons. The van der Waals surface area contributed by atoms with Crippen LogP contribution in [0.1, 0.15) is 37.2 Å². The molecule has 1 aromatic heterocycles.